The number of likely N-dealkylation sites (N-methyl/N-ethyl adjacent to an activating group) is 1. The fraction of sp³-hybridized carbons (Fsp3) is 0.786. The molecule has 1 aliphatic heterocycles. The van der Waals surface area contributed by atoms with Crippen LogP contribution in [-0.2, 0) is 4.79 Å². The summed E-state index contributed by atoms with van der Waals surface area (Å²) in [5, 5.41) is 9.58. The van der Waals surface area contributed by atoms with Gasteiger partial charge in [-0.15, -0.1) is 0 Å². The molecule has 1 heterocycles. The maximum Gasteiger partial charge on any atom is 0.417 e. The second-order valence-corrected chi connectivity index (χ2v) is 5.67. The number of hydrogen-bond donors (Lipinski definition) is 1. The van der Waals surface area contributed by atoms with Crippen molar-refractivity contribution in [1.82, 2.24) is 9.80 Å². The minimum atomic E-state index is -4.61. The molecule has 1 amide bonds. The van der Waals surface area contributed by atoms with Gasteiger partial charge in [0.2, 0.25) is 5.91 Å². The number of halogens is 3. The van der Waals surface area contributed by atoms with Gasteiger partial charge in [-0.1, -0.05) is 12.2 Å². The third-order valence-corrected chi connectivity index (χ3v) is 3.76. The standard InChI is InChI=1S/C14H23F3N2O2/c1-4-19(9-11(2)3)12(20)10-18-7-5-13(21,6-8-18)14(15,16)17/h21H,2,4-10H2,1,3H3. The predicted octanol–water partition coefficient (Wildman–Crippen LogP) is 1.80. The van der Waals surface area contributed by atoms with E-state index in [-0.39, 0.29) is 25.5 Å². The van der Waals surface area contributed by atoms with Gasteiger partial charge >= 0.3 is 6.18 Å². The lowest BCUT2D eigenvalue weighted by atomic mass is 9.91. The van der Waals surface area contributed by atoms with E-state index in [9.17, 15) is 23.1 Å². The van der Waals surface area contributed by atoms with E-state index in [2.05, 4.69) is 6.58 Å². The van der Waals surface area contributed by atoms with Crippen molar-refractivity contribution in [3.05, 3.63) is 12.2 Å². The van der Waals surface area contributed by atoms with Crippen LogP contribution in [0.5, 0.6) is 0 Å². The van der Waals surface area contributed by atoms with Crippen molar-refractivity contribution in [2.24, 2.45) is 0 Å². The second kappa shape index (κ2) is 6.79. The van der Waals surface area contributed by atoms with Gasteiger partial charge in [-0.05, 0) is 26.7 Å². The molecule has 0 aromatic carbocycles. The summed E-state index contributed by atoms with van der Waals surface area (Å²) in [4.78, 5) is 15.4. The van der Waals surface area contributed by atoms with Crippen molar-refractivity contribution < 1.29 is 23.1 Å². The lowest BCUT2D eigenvalue weighted by molar-refractivity contribution is -0.272. The predicted molar refractivity (Wildman–Crippen MR) is 73.7 cm³/mol. The number of aliphatic hydroxyl groups is 1. The van der Waals surface area contributed by atoms with Crippen LogP contribution in [0.3, 0.4) is 0 Å². The highest BCUT2D eigenvalue weighted by atomic mass is 19.4. The quantitative estimate of drug-likeness (QED) is 0.788. The van der Waals surface area contributed by atoms with E-state index in [0.717, 1.165) is 5.57 Å². The summed E-state index contributed by atoms with van der Waals surface area (Å²) in [6, 6.07) is 0. The van der Waals surface area contributed by atoms with Crippen molar-refractivity contribution in [2.45, 2.75) is 38.5 Å². The first kappa shape index (κ1) is 18.0. The van der Waals surface area contributed by atoms with Gasteiger partial charge in [0.15, 0.2) is 5.60 Å². The average Bonchev–Trinajstić information content (AvgIpc) is 2.37. The Hall–Kier alpha value is -1.08. The Balaban J connectivity index is 2.52. The average molecular weight is 308 g/mol. The van der Waals surface area contributed by atoms with Crippen LogP contribution in [0.4, 0.5) is 13.2 Å². The van der Waals surface area contributed by atoms with Crippen LogP contribution in [0.1, 0.15) is 26.7 Å². The smallest absolute Gasteiger partial charge is 0.380 e. The van der Waals surface area contributed by atoms with Crippen molar-refractivity contribution in [3.8, 4) is 0 Å². The minimum Gasteiger partial charge on any atom is -0.380 e. The fourth-order valence-corrected chi connectivity index (χ4v) is 2.36. The Morgan fingerprint density at radius 2 is 1.90 bits per heavy atom. The summed E-state index contributed by atoms with van der Waals surface area (Å²) in [6.07, 6.45) is -5.40. The topological polar surface area (TPSA) is 43.8 Å². The molecule has 1 saturated heterocycles. The lowest BCUT2D eigenvalue weighted by Gasteiger charge is -2.39. The van der Waals surface area contributed by atoms with Crippen LogP contribution in [0, 0.1) is 0 Å². The first-order chi connectivity index (χ1) is 9.59. The summed E-state index contributed by atoms with van der Waals surface area (Å²) in [5.74, 6) is -0.127. The molecule has 0 atom stereocenters. The molecule has 0 unspecified atom stereocenters. The number of nitrogens with zero attached hydrogens (tertiary/aromatic N) is 2. The van der Waals surface area contributed by atoms with Gasteiger partial charge in [-0.2, -0.15) is 13.2 Å². The van der Waals surface area contributed by atoms with Crippen LogP contribution in [0.2, 0.25) is 0 Å². The Labute approximate surface area is 123 Å². The summed E-state index contributed by atoms with van der Waals surface area (Å²) in [6.45, 7) is 8.61. The maximum atomic E-state index is 12.7. The summed E-state index contributed by atoms with van der Waals surface area (Å²) < 4.78 is 38.1. The van der Waals surface area contributed by atoms with E-state index in [1.54, 1.807) is 9.80 Å². The number of carbonyl (C=O) groups excluding carboxylic acids is 1. The normalized spacial score (nSPS) is 19.3. The van der Waals surface area contributed by atoms with E-state index < -0.39 is 24.6 Å². The van der Waals surface area contributed by atoms with Gasteiger partial charge in [0, 0.05) is 26.2 Å². The lowest BCUT2D eigenvalue weighted by Crippen LogP contribution is -2.54. The van der Waals surface area contributed by atoms with Crippen LogP contribution in [0.15, 0.2) is 12.2 Å². The zero-order valence-corrected chi connectivity index (χ0v) is 12.5. The third kappa shape index (κ3) is 4.71. The van der Waals surface area contributed by atoms with Crippen molar-refractivity contribution in [2.75, 3.05) is 32.7 Å². The molecule has 0 aromatic rings. The van der Waals surface area contributed by atoms with E-state index >= 15 is 0 Å². The number of alkyl halides is 3. The van der Waals surface area contributed by atoms with E-state index in [1.165, 1.54) is 0 Å². The molecule has 0 spiro atoms. The molecule has 1 rings (SSSR count). The molecule has 21 heavy (non-hydrogen) atoms. The Kier molecular flexibility index (Phi) is 5.81. The largest absolute Gasteiger partial charge is 0.417 e. The number of hydrogen-bond acceptors (Lipinski definition) is 3. The monoisotopic (exact) mass is 308 g/mol. The number of piperidine rings is 1. The molecule has 1 N–H and O–H groups in total. The van der Waals surface area contributed by atoms with Gasteiger partial charge in [0.1, 0.15) is 0 Å². The summed E-state index contributed by atoms with van der Waals surface area (Å²) >= 11 is 0. The highest BCUT2D eigenvalue weighted by Gasteiger charge is 2.54. The zero-order valence-electron chi connectivity index (χ0n) is 12.5. The number of amides is 1. The summed E-state index contributed by atoms with van der Waals surface area (Å²) in [5.41, 5.74) is -1.76. The van der Waals surface area contributed by atoms with Crippen molar-refractivity contribution >= 4 is 5.91 Å². The molecule has 0 bridgehead atoms. The summed E-state index contributed by atoms with van der Waals surface area (Å²) in [7, 11) is 0. The van der Waals surface area contributed by atoms with Crippen LogP contribution in [-0.4, -0.2) is 65.3 Å². The Morgan fingerprint density at radius 1 is 1.38 bits per heavy atom. The molecule has 0 radical (unpaired) electrons. The van der Waals surface area contributed by atoms with Crippen LogP contribution < -0.4 is 0 Å². The van der Waals surface area contributed by atoms with Crippen molar-refractivity contribution in [3.63, 3.8) is 0 Å². The van der Waals surface area contributed by atoms with Crippen molar-refractivity contribution in [1.29, 1.82) is 0 Å². The van der Waals surface area contributed by atoms with Gasteiger partial charge in [-0.25, -0.2) is 0 Å². The zero-order chi connectivity index (χ0) is 16.3. The van der Waals surface area contributed by atoms with Gasteiger partial charge < -0.3 is 10.0 Å². The Morgan fingerprint density at radius 3 is 2.29 bits per heavy atom. The number of likely N-dealkylation sites (tertiary alicyclic amines) is 1. The fourth-order valence-electron chi connectivity index (χ4n) is 2.36. The molecule has 1 fully saturated rings. The molecular formula is C14H23F3N2O2. The first-order valence-electron chi connectivity index (χ1n) is 7.02. The van der Waals surface area contributed by atoms with E-state index in [1.807, 2.05) is 13.8 Å². The molecule has 0 aliphatic carbocycles. The molecule has 7 heteroatoms. The highest BCUT2D eigenvalue weighted by Crippen LogP contribution is 2.38. The van der Waals surface area contributed by atoms with Crippen LogP contribution >= 0.6 is 0 Å². The van der Waals surface area contributed by atoms with Gasteiger partial charge in [0.05, 0.1) is 6.54 Å². The van der Waals surface area contributed by atoms with Crippen LogP contribution in [0.25, 0.3) is 0 Å². The highest BCUT2D eigenvalue weighted by molar-refractivity contribution is 5.78. The Bertz CT molecular complexity index is 388. The van der Waals surface area contributed by atoms with Gasteiger partial charge in [0.25, 0.3) is 0 Å². The molecule has 122 valence electrons. The third-order valence-electron chi connectivity index (χ3n) is 3.76. The molecule has 4 nitrogen and oxygen atoms in total. The molecule has 1 aliphatic rings. The first-order valence-corrected chi connectivity index (χ1v) is 7.02. The minimum absolute atomic E-state index is 0.0619. The van der Waals surface area contributed by atoms with E-state index in [4.69, 9.17) is 0 Å². The SMILES string of the molecule is C=C(C)CN(CC)C(=O)CN1CCC(O)(C(F)(F)F)CC1. The number of rotatable bonds is 5. The molecular weight excluding hydrogens is 285 g/mol. The number of carbonyl (C=O) groups is 1. The molecule has 0 aromatic heterocycles. The second-order valence-electron chi connectivity index (χ2n) is 5.67. The maximum absolute atomic E-state index is 12.7. The molecule has 0 saturated carbocycles. The van der Waals surface area contributed by atoms with Gasteiger partial charge in [-0.3, -0.25) is 9.69 Å². The van der Waals surface area contributed by atoms with E-state index in [0.29, 0.717) is 13.1 Å².